The fraction of sp³-hybridized carbons (Fsp3) is 0.708. The molecule has 0 aromatic heterocycles. The average molecular weight is 408 g/mol. The average Bonchev–Trinajstić information content (AvgIpc) is 2.66. The third kappa shape index (κ3) is 9.41. The fourth-order valence-corrected chi connectivity index (χ4v) is 5.45. The number of nitrogens with zero attached hydrogens (tertiary/aromatic N) is 1. The molecule has 0 radical (unpaired) electrons. The van der Waals surface area contributed by atoms with E-state index in [1.807, 2.05) is 35.2 Å². The van der Waals surface area contributed by atoms with Gasteiger partial charge in [0, 0.05) is 18.4 Å². The van der Waals surface area contributed by atoms with Crippen LogP contribution in [0.5, 0.6) is 0 Å². The molecule has 0 bridgehead atoms. The molecule has 1 aromatic rings. The van der Waals surface area contributed by atoms with Gasteiger partial charge in [-0.05, 0) is 18.3 Å². The van der Waals surface area contributed by atoms with Crippen molar-refractivity contribution in [2.45, 2.75) is 85.2 Å². The summed E-state index contributed by atoms with van der Waals surface area (Å²) in [6.45, 7) is 12.3. The molecule has 4 heteroatoms. The molecule has 1 amide bonds. The number of amides is 1. The number of hydrogen-bond donors (Lipinski definition) is 0. The van der Waals surface area contributed by atoms with Gasteiger partial charge in [0.25, 0.3) is 0 Å². The molecule has 0 saturated heterocycles. The van der Waals surface area contributed by atoms with Gasteiger partial charge in [-0.1, -0.05) is 103 Å². The maximum atomic E-state index is 13.4. The van der Waals surface area contributed by atoms with Crippen molar-refractivity contribution in [3.8, 4) is 0 Å². The fourth-order valence-electron chi connectivity index (χ4n) is 3.66. The van der Waals surface area contributed by atoms with Gasteiger partial charge in [0.2, 0.25) is 5.91 Å². The number of benzene rings is 1. The second-order valence-electron chi connectivity index (χ2n) is 8.87. The third-order valence-electron chi connectivity index (χ3n) is 5.00. The summed E-state index contributed by atoms with van der Waals surface area (Å²) in [6.07, 6.45) is 7.84. The van der Waals surface area contributed by atoms with Crippen LogP contribution in [-0.4, -0.2) is 29.6 Å². The second kappa shape index (κ2) is 14.0. The molecule has 0 N–H and O–H groups in total. The zero-order valence-corrected chi connectivity index (χ0v) is 19.7. The van der Waals surface area contributed by atoms with Crippen LogP contribution in [0.3, 0.4) is 0 Å². The summed E-state index contributed by atoms with van der Waals surface area (Å²) >= 11 is 0. The first-order valence-electron chi connectivity index (χ1n) is 11.2. The number of hydrogen-bond acceptors (Lipinski definition) is 2. The molecular weight excluding hydrogens is 365 g/mol. The van der Waals surface area contributed by atoms with Crippen LogP contribution in [0, 0.1) is 11.8 Å². The lowest BCUT2D eigenvalue weighted by Gasteiger charge is -2.30. The van der Waals surface area contributed by atoms with Crippen LogP contribution in [0.4, 0.5) is 0 Å². The predicted octanol–water partition coefficient (Wildman–Crippen LogP) is 6.13. The van der Waals surface area contributed by atoms with Gasteiger partial charge in [0.05, 0.1) is 5.66 Å². The number of carbonyl (C=O) groups excluding carboxylic acids is 1. The number of unbranched alkanes of at least 4 members (excludes halogenated alkanes) is 5. The van der Waals surface area contributed by atoms with E-state index in [2.05, 4.69) is 34.6 Å². The van der Waals surface area contributed by atoms with Crippen LogP contribution in [-0.2, 0) is 9.36 Å². The first kappa shape index (κ1) is 25.0. The van der Waals surface area contributed by atoms with Crippen molar-refractivity contribution in [3.63, 3.8) is 0 Å². The van der Waals surface area contributed by atoms with Gasteiger partial charge in [0.15, 0.2) is 0 Å². The van der Waals surface area contributed by atoms with Crippen LogP contribution in [0.1, 0.15) is 79.6 Å². The summed E-state index contributed by atoms with van der Waals surface area (Å²) < 4.78 is 13.4. The van der Waals surface area contributed by atoms with E-state index in [1.54, 1.807) is 0 Å². The second-order valence-corrected chi connectivity index (χ2v) is 10.9. The Hall–Kier alpha value is -1.08. The normalized spacial score (nSPS) is 13.7. The smallest absolute Gasteiger partial charge is 0.233 e. The molecular formula is C24H42NO2P. The summed E-state index contributed by atoms with van der Waals surface area (Å²) in [5.41, 5.74) is -0.365. The van der Waals surface area contributed by atoms with Gasteiger partial charge in [0.1, 0.15) is 7.80 Å². The molecule has 0 aliphatic carbocycles. The molecule has 28 heavy (non-hydrogen) atoms. The van der Waals surface area contributed by atoms with Crippen LogP contribution in [0.2, 0.25) is 0 Å². The number of rotatable bonds is 14. The number of carbonyl (C=O) groups is 1. The molecule has 0 aliphatic heterocycles. The minimum atomic E-state index is -2.16. The van der Waals surface area contributed by atoms with E-state index >= 15 is 0 Å². The van der Waals surface area contributed by atoms with Crippen LogP contribution < -0.4 is 5.30 Å². The lowest BCUT2D eigenvalue weighted by Crippen LogP contribution is -2.42. The lowest BCUT2D eigenvalue weighted by molar-refractivity contribution is -0.132. The van der Waals surface area contributed by atoms with E-state index in [0.717, 1.165) is 37.7 Å². The minimum Gasteiger partial charge on any atom is -0.342 e. The Morgan fingerprint density at radius 2 is 1.43 bits per heavy atom. The molecule has 2 unspecified atom stereocenters. The molecule has 0 heterocycles. The molecule has 1 aromatic carbocycles. The molecule has 0 aliphatic rings. The Kier molecular flexibility index (Phi) is 12.5. The Morgan fingerprint density at radius 1 is 0.893 bits per heavy atom. The Labute approximate surface area is 174 Å². The van der Waals surface area contributed by atoms with Crippen molar-refractivity contribution < 1.29 is 9.36 Å². The summed E-state index contributed by atoms with van der Waals surface area (Å²) in [5, 5.41) is 0.839. The molecule has 2 atom stereocenters. The van der Waals surface area contributed by atoms with E-state index in [0.29, 0.717) is 11.8 Å². The molecule has 1 rings (SSSR count). The standard InChI is InChI=1S/C24H42NO2P/c1-6-7-8-9-10-14-17-23(28(27)22-15-12-11-13-16-22)24(26)25(18-20(2)3)19-21(4)5/h11-13,15-16,20-21,23,28H,6-10,14,17-19H2,1-5H3. The maximum absolute atomic E-state index is 13.4. The van der Waals surface area contributed by atoms with Crippen molar-refractivity contribution in [3.05, 3.63) is 30.3 Å². The van der Waals surface area contributed by atoms with Gasteiger partial charge in [-0.15, -0.1) is 0 Å². The highest BCUT2D eigenvalue weighted by molar-refractivity contribution is 7.55. The maximum Gasteiger partial charge on any atom is 0.233 e. The highest BCUT2D eigenvalue weighted by Gasteiger charge is 2.30. The van der Waals surface area contributed by atoms with E-state index in [9.17, 15) is 9.36 Å². The SMILES string of the molecule is CCCCCCCCC(C(=O)N(CC(C)C)CC(C)C)[PH](=O)c1ccccc1. The Morgan fingerprint density at radius 3 is 1.96 bits per heavy atom. The van der Waals surface area contributed by atoms with Crippen LogP contribution in [0.15, 0.2) is 30.3 Å². The molecule has 3 nitrogen and oxygen atoms in total. The Balaban J connectivity index is 2.90. The summed E-state index contributed by atoms with van der Waals surface area (Å²) in [4.78, 5) is 15.4. The predicted molar refractivity (Wildman–Crippen MR) is 123 cm³/mol. The van der Waals surface area contributed by atoms with Crippen LogP contribution >= 0.6 is 7.80 Å². The van der Waals surface area contributed by atoms with Crippen molar-refractivity contribution in [2.24, 2.45) is 11.8 Å². The quantitative estimate of drug-likeness (QED) is 0.275. The van der Waals surface area contributed by atoms with Crippen molar-refractivity contribution in [1.29, 1.82) is 0 Å². The molecule has 160 valence electrons. The topological polar surface area (TPSA) is 37.4 Å². The largest absolute Gasteiger partial charge is 0.342 e. The molecule has 0 spiro atoms. The van der Waals surface area contributed by atoms with Gasteiger partial charge in [-0.2, -0.15) is 0 Å². The van der Waals surface area contributed by atoms with Gasteiger partial charge in [-0.25, -0.2) is 0 Å². The van der Waals surface area contributed by atoms with E-state index in [1.165, 1.54) is 25.7 Å². The highest BCUT2D eigenvalue weighted by atomic mass is 31.1. The van der Waals surface area contributed by atoms with Crippen molar-refractivity contribution in [2.75, 3.05) is 13.1 Å². The first-order chi connectivity index (χ1) is 13.4. The summed E-state index contributed by atoms with van der Waals surface area (Å²) in [7, 11) is -2.16. The van der Waals surface area contributed by atoms with Gasteiger partial charge < -0.3 is 9.46 Å². The van der Waals surface area contributed by atoms with E-state index < -0.39 is 7.80 Å². The highest BCUT2D eigenvalue weighted by Crippen LogP contribution is 2.33. The summed E-state index contributed by atoms with van der Waals surface area (Å²) in [6, 6.07) is 9.61. The Bertz CT molecular complexity index is 561. The molecule has 0 fully saturated rings. The third-order valence-corrected chi connectivity index (χ3v) is 7.07. The van der Waals surface area contributed by atoms with E-state index in [4.69, 9.17) is 0 Å². The first-order valence-corrected chi connectivity index (χ1v) is 12.7. The lowest BCUT2D eigenvalue weighted by atomic mass is 10.1. The zero-order valence-electron chi connectivity index (χ0n) is 18.7. The summed E-state index contributed by atoms with van der Waals surface area (Å²) in [5.74, 6) is 0.927. The van der Waals surface area contributed by atoms with Gasteiger partial charge in [-0.3, -0.25) is 4.79 Å². The molecule has 0 saturated carbocycles. The van der Waals surface area contributed by atoms with Crippen molar-refractivity contribution in [1.82, 2.24) is 4.90 Å². The minimum absolute atomic E-state index is 0.101. The monoisotopic (exact) mass is 407 g/mol. The van der Waals surface area contributed by atoms with Crippen LogP contribution in [0.25, 0.3) is 0 Å². The van der Waals surface area contributed by atoms with Gasteiger partial charge >= 0.3 is 0 Å². The van der Waals surface area contributed by atoms with E-state index in [-0.39, 0.29) is 11.6 Å². The van der Waals surface area contributed by atoms with Crippen molar-refractivity contribution >= 4 is 19.0 Å². The zero-order chi connectivity index (χ0) is 20.9.